The second kappa shape index (κ2) is 8.68. The van der Waals surface area contributed by atoms with Crippen LogP contribution in [0, 0.1) is 5.82 Å². The maximum Gasteiger partial charge on any atom is 0.419 e. The van der Waals surface area contributed by atoms with E-state index in [1.165, 1.54) is 29.0 Å². The number of rotatable bonds is 5. The normalized spacial score (nSPS) is 12.7. The number of benzene rings is 2. The van der Waals surface area contributed by atoms with Crippen molar-refractivity contribution in [1.29, 1.82) is 0 Å². The highest BCUT2D eigenvalue weighted by Crippen LogP contribution is 2.31. The molecule has 0 radical (unpaired) electrons. The van der Waals surface area contributed by atoms with E-state index in [1.54, 1.807) is 6.92 Å². The topological polar surface area (TPSA) is 71.3 Å². The molecule has 10 heteroatoms. The predicted molar refractivity (Wildman–Crippen MR) is 108 cm³/mol. The van der Waals surface area contributed by atoms with Gasteiger partial charge < -0.3 is 15.0 Å². The van der Waals surface area contributed by atoms with Gasteiger partial charge in [0.05, 0.1) is 28.8 Å². The number of aromatic nitrogens is 1. The van der Waals surface area contributed by atoms with E-state index in [9.17, 15) is 32.3 Å². The van der Waals surface area contributed by atoms with Gasteiger partial charge in [-0.2, -0.15) is 13.2 Å². The first-order valence-electron chi connectivity index (χ1n) is 9.12. The molecule has 0 aliphatic rings. The minimum absolute atomic E-state index is 0.00690. The van der Waals surface area contributed by atoms with Crippen LogP contribution < -0.4 is 10.9 Å². The van der Waals surface area contributed by atoms with Crippen molar-refractivity contribution in [3.8, 4) is 0 Å². The number of carbonyl (C=O) groups is 1. The number of halogens is 5. The summed E-state index contributed by atoms with van der Waals surface area (Å²) in [6.45, 7) is 1.15. The second-order valence-electron chi connectivity index (χ2n) is 6.94. The molecule has 0 bridgehead atoms. The molecule has 1 heterocycles. The Hall–Kier alpha value is -2.91. The van der Waals surface area contributed by atoms with Crippen LogP contribution in [-0.2, 0) is 12.7 Å². The van der Waals surface area contributed by atoms with Crippen molar-refractivity contribution >= 4 is 28.3 Å². The fourth-order valence-corrected chi connectivity index (χ4v) is 3.40. The van der Waals surface area contributed by atoms with Gasteiger partial charge in [-0.25, -0.2) is 4.39 Å². The molecule has 5 nitrogen and oxygen atoms in total. The maximum atomic E-state index is 13.7. The number of alkyl halides is 3. The molecule has 0 aliphatic heterocycles. The van der Waals surface area contributed by atoms with Crippen LogP contribution in [0.1, 0.15) is 34.5 Å². The Labute approximate surface area is 178 Å². The van der Waals surface area contributed by atoms with Crippen molar-refractivity contribution in [2.75, 3.05) is 6.61 Å². The molecule has 1 amide bonds. The lowest BCUT2D eigenvalue weighted by atomic mass is 10.0. The monoisotopic (exact) mass is 456 g/mol. The van der Waals surface area contributed by atoms with Crippen LogP contribution in [0.15, 0.2) is 47.4 Å². The van der Waals surface area contributed by atoms with Crippen LogP contribution in [0.2, 0.25) is 5.02 Å². The van der Waals surface area contributed by atoms with Gasteiger partial charge in [-0.15, -0.1) is 0 Å². The Morgan fingerprint density at radius 3 is 2.52 bits per heavy atom. The van der Waals surface area contributed by atoms with Crippen molar-refractivity contribution in [2.24, 2.45) is 0 Å². The number of aliphatic hydroxyl groups is 1. The number of aliphatic hydroxyl groups excluding tert-OH is 1. The van der Waals surface area contributed by atoms with E-state index in [4.69, 9.17) is 11.6 Å². The molecular formula is C21H17ClF4N2O3. The number of pyridine rings is 1. The first-order valence-corrected chi connectivity index (χ1v) is 9.50. The van der Waals surface area contributed by atoms with Gasteiger partial charge >= 0.3 is 6.18 Å². The van der Waals surface area contributed by atoms with Crippen LogP contribution in [0.3, 0.4) is 0 Å². The first-order chi connectivity index (χ1) is 14.5. The van der Waals surface area contributed by atoms with Crippen LogP contribution in [0.5, 0.6) is 0 Å². The van der Waals surface area contributed by atoms with Crippen molar-refractivity contribution < 1.29 is 27.5 Å². The Balaban J connectivity index is 1.91. The number of nitrogens with one attached hydrogen (secondary N) is 1. The highest BCUT2D eigenvalue weighted by atomic mass is 35.5. The zero-order valence-electron chi connectivity index (χ0n) is 16.1. The summed E-state index contributed by atoms with van der Waals surface area (Å²) in [4.78, 5) is 25.4. The third-order valence-electron chi connectivity index (χ3n) is 4.82. The van der Waals surface area contributed by atoms with Crippen molar-refractivity contribution in [2.45, 2.75) is 25.7 Å². The lowest BCUT2D eigenvalue weighted by Gasteiger charge is -2.15. The van der Waals surface area contributed by atoms with E-state index >= 15 is 0 Å². The number of amides is 1. The van der Waals surface area contributed by atoms with Crippen LogP contribution >= 0.6 is 11.6 Å². The molecule has 2 aromatic carbocycles. The third-order valence-corrected chi connectivity index (χ3v) is 5.13. The van der Waals surface area contributed by atoms with Gasteiger partial charge in [0.15, 0.2) is 0 Å². The van der Waals surface area contributed by atoms with Crippen molar-refractivity contribution in [3.05, 3.63) is 80.5 Å². The summed E-state index contributed by atoms with van der Waals surface area (Å²) >= 11 is 6.16. The third kappa shape index (κ3) is 4.57. The van der Waals surface area contributed by atoms with Gasteiger partial charge in [-0.1, -0.05) is 17.7 Å². The van der Waals surface area contributed by atoms with Crippen molar-refractivity contribution in [1.82, 2.24) is 9.88 Å². The van der Waals surface area contributed by atoms with E-state index in [2.05, 4.69) is 5.32 Å². The predicted octanol–water partition coefficient (Wildman–Crippen LogP) is 4.30. The summed E-state index contributed by atoms with van der Waals surface area (Å²) in [5.74, 6) is -2.12. The molecule has 2 N–H and O–H groups in total. The summed E-state index contributed by atoms with van der Waals surface area (Å²) in [6, 6.07) is 6.25. The number of hydrogen-bond acceptors (Lipinski definition) is 3. The van der Waals surface area contributed by atoms with Gasteiger partial charge in [0, 0.05) is 23.5 Å². The standard InChI is InChI=1S/C21H17ClF4N2O3/c1-11(10-29)28-7-6-13-14(20(28)31)3-5-16(22)18(13)19(30)27-9-12-2-4-15(17(23)8-12)21(24,25)26/h2-8,11,29H,9-10H2,1H3,(H,27,30)/t11-/m1/s1. The fourth-order valence-electron chi connectivity index (χ4n) is 3.15. The summed E-state index contributed by atoms with van der Waals surface area (Å²) in [5, 5.41) is 12.3. The molecule has 0 saturated heterocycles. The van der Waals surface area contributed by atoms with E-state index in [0.29, 0.717) is 12.1 Å². The smallest absolute Gasteiger partial charge is 0.394 e. The molecule has 3 aromatic rings. The molecule has 0 fully saturated rings. The molecule has 1 atom stereocenters. The lowest BCUT2D eigenvalue weighted by molar-refractivity contribution is -0.140. The zero-order chi connectivity index (χ0) is 22.9. The molecule has 1 aromatic heterocycles. The molecule has 0 saturated carbocycles. The summed E-state index contributed by atoms with van der Waals surface area (Å²) in [5.41, 5.74) is -1.69. The molecule has 0 unspecified atom stereocenters. The second-order valence-corrected chi connectivity index (χ2v) is 7.35. The van der Waals surface area contributed by atoms with E-state index in [0.717, 1.165) is 6.07 Å². The summed E-state index contributed by atoms with van der Waals surface area (Å²) in [6.07, 6.45) is -3.38. The van der Waals surface area contributed by atoms with E-state index < -0.39 is 35.1 Å². The average molecular weight is 457 g/mol. The molecule has 3 rings (SSSR count). The van der Waals surface area contributed by atoms with Crippen molar-refractivity contribution in [3.63, 3.8) is 0 Å². The van der Waals surface area contributed by atoms with Crippen LogP contribution in [-0.4, -0.2) is 22.2 Å². The van der Waals surface area contributed by atoms with E-state index in [-0.39, 0.29) is 40.1 Å². The molecule has 0 aliphatic carbocycles. The summed E-state index contributed by atoms with van der Waals surface area (Å²) in [7, 11) is 0. The summed E-state index contributed by atoms with van der Waals surface area (Å²) < 4.78 is 53.1. The van der Waals surface area contributed by atoms with Gasteiger partial charge in [0.25, 0.3) is 11.5 Å². The minimum Gasteiger partial charge on any atom is -0.394 e. The Kier molecular flexibility index (Phi) is 6.38. The zero-order valence-corrected chi connectivity index (χ0v) is 16.9. The fraction of sp³-hybridized carbons (Fsp3) is 0.238. The number of hydrogen-bond donors (Lipinski definition) is 2. The Bertz CT molecular complexity index is 1210. The Morgan fingerprint density at radius 1 is 1.19 bits per heavy atom. The van der Waals surface area contributed by atoms with Gasteiger partial charge in [0.1, 0.15) is 5.82 Å². The first kappa shape index (κ1) is 22.8. The molecular weight excluding hydrogens is 440 g/mol. The van der Waals surface area contributed by atoms with Gasteiger partial charge in [-0.05, 0) is 42.8 Å². The Morgan fingerprint density at radius 2 is 1.90 bits per heavy atom. The highest BCUT2D eigenvalue weighted by molar-refractivity contribution is 6.35. The number of carbonyl (C=O) groups excluding carboxylic acids is 1. The van der Waals surface area contributed by atoms with Gasteiger partial charge in [-0.3, -0.25) is 9.59 Å². The maximum absolute atomic E-state index is 13.7. The molecule has 164 valence electrons. The van der Waals surface area contributed by atoms with Gasteiger partial charge in [0.2, 0.25) is 0 Å². The van der Waals surface area contributed by atoms with Crippen LogP contribution in [0.4, 0.5) is 17.6 Å². The largest absolute Gasteiger partial charge is 0.419 e. The van der Waals surface area contributed by atoms with Crippen LogP contribution in [0.25, 0.3) is 10.8 Å². The number of fused-ring (bicyclic) bond motifs is 1. The lowest BCUT2D eigenvalue weighted by Crippen LogP contribution is -2.27. The number of nitrogens with zero attached hydrogens (tertiary/aromatic N) is 1. The minimum atomic E-state index is -4.82. The quantitative estimate of drug-likeness (QED) is 0.562. The molecule has 0 spiro atoms. The SMILES string of the molecule is C[C@H](CO)n1ccc2c(C(=O)NCc3ccc(C(F)(F)F)c(F)c3)c(Cl)ccc2c1=O. The average Bonchev–Trinajstić information content (AvgIpc) is 2.70. The molecule has 31 heavy (non-hydrogen) atoms. The van der Waals surface area contributed by atoms with E-state index in [1.807, 2.05) is 0 Å². The highest BCUT2D eigenvalue weighted by Gasteiger charge is 2.33.